The van der Waals surface area contributed by atoms with Crippen LogP contribution in [-0.4, -0.2) is 52.0 Å². The number of nitrogens with zero attached hydrogens (tertiary/aromatic N) is 1. The number of hydrazine groups is 1. The molecule has 1 saturated heterocycles. The number of nitrogens with two attached hydrogens (primary N) is 1. The molecule has 2 rings (SSSR count). The predicted molar refractivity (Wildman–Crippen MR) is 76.8 cm³/mol. The number of methoxy groups -OCH3 is 2. The van der Waals surface area contributed by atoms with Crippen molar-refractivity contribution in [2.75, 3.05) is 41.0 Å². The van der Waals surface area contributed by atoms with Crippen LogP contribution in [0.3, 0.4) is 0 Å². The SMILES string of the molecule is COc1ccc(OC)c(C(NN)C2CN(C)CCO2)c1. The van der Waals surface area contributed by atoms with Gasteiger partial charge >= 0.3 is 0 Å². The number of morpholine rings is 1. The van der Waals surface area contributed by atoms with Crippen molar-refractivity contribution in [2.45, 2.75) is 12.1 Å². The molecule has 0 aliphatic carbocycles. The minimum atomic E-state index is -0.150. The number of likely N-dealkylation sites (N-methyl/N-ethyl adjacent to an activating group) is 1. The Bertz CT molecular complexity index is 442. The maximum atomic E-state index is 5.85. The summed E-state index contributed by atoms with van der Waals surface area (Å²) in [5.74, 6) is 7.29. The van der Waals surface area contributed by atoms with Crippen molar-refractivity contribution in [2.24, 2.45) is 5.84 Å². The topological polar surface area (TPSA) is 69.0 Å². The van der Waals surface area contributed by atoms with Crippen LogP contribution in [0.2, 0.25) is 0 Å². The summed E-state index contributed by atoms with van der Waals surface area (Å²) < 4.78 is 16.6. The van der Waals surface area contributed by atoms with Gasteiger partial charge in [0.15, 0.2) is 0 Å². The van der Waals surface area contributed by atoms with Crippen LogP contribution >= 0.6 is 0 Å². The average Bonchev–Trinajstić information content (AvgIpc) is 2.48. The van der Waals surface area contributed by atoms with Crippen molar-refractivity contribution in [3.05, 3.63) is 23.8 Å². The number of hydrogen-bond acceptors (Lipinski definition) is 6. The zero-order valence-electron chi connectivity index (χ0n) is 12.3. The molecule has 0 spiro atoms. The third-order valence-corrected chi connectivity index (χ3v) is 3.62. The molecule has 0 aromatic heterocycles. The number of benzene rings is 1. The summed E-state index contributed by atoms with van der Waals surface area (Å²) in [5.41, 5.74) is 3.79. The maximum Gasteiger partial charge on any atom is 0.124 e. The minimum Gasteiger partial charge on any atom is -0.497 e. The third-order valence-electron chi connectivity index (χ3n) is 3.62. The van der Waals surface area contributed by atoms with Gasteiger partial charge in [-0.05, 0) is 25.2 Å². The molecule has 1 aliphatic rings. The van der Waals surface area contributed by atoms with E-state index in [4.69, 9.17) is 20.1 Å². The molecule has 6 heteroatoms. The van der Waals surface area contributed by atoms with Gasteiger partial charge in [-0.1, -0.05) is 0 Å². The van der Waals surface area contributed by atoms with Gasteiger partial charge in [-0.15, -0.1) is 0 Å². The van der Waals surface area contributed by atoms with Crippen LogP contribution in [0.15, 0.2) is 18.2 Å². The summed E-state index contributed by atoms with van der Waals surface area (Å²) in [6.45, 7) is 2.45. The van der Waals surface area contributed by atoms with Crippen LogP contribution < -0.4 is 20.7 Å². The molecular formula is C14H23N3O3. The normalized spacial score (nSPS) is 21.5. The quantitative estimate of drug-likeness (QED) is 0.606. The van der Waals surface area contributed by atoms with Crippen LogP contribution in [0.5, 0.6) is 11.5 Å². The van der Waals surface area contributed by atoms with E-state index in [0.717, 1.165) is 30.2 Å². The smallest absolute Gasteiger partial charge is 0.124 e. The predicted octanol–water partition coefficient (Wildman–Crippen LogP) is 0.539. The van der Waals surface area contributed by atoms with Crippen molar-refractivity contribution in [3.63, 3.8) is 0 Å². The number of hydrogen-bond donors (Lipinski definition) is 2. The van der Waals surface area contributed by atoms with E-state index in [1.807, 2.05) is 18.2 Å². The molecule has 20 heavy (non-hydrogen) atoms. The summed E-state index contributed by atoms with van der Waals surface area (Å²) in [5, 5.41) is 0. The van der Waals surface area contributed by atoms with E-state index in [9.17, 15) is 0 Å². The van der Waals surface area contributed by atoms with Gasteiger partial charge in [0.05, 0.1) is 33.0 Å². The Balaban J connectivity index is 2.29. The molecule has 2 unspecified atom stereocenters. The van der Waals surface area contributed by atoms with Crippen LogP contribution in [0.1, 0.15) is 11.6 Å². The van der Waals surface area contributed by atoms with Gasteiger partial charge in [0.25, 0.3) is 0 Å². The molecule has 1 aromatic rings. The first-order chi connectivity index (χ1) is 9.69. The number of nitrogens with one attached hydrogen (secondary N) is 1. The zero-order valence-corrected chi connectivity index (χ0v) is 12.3. The molecule has 2 atom stereocenters. The van der Waals surface area contributed by atoms with Crippen LogP contribution in [-0.2, 0) is 4.74 Å². The van der Waals surface area contributed by atoms with Gasteiger partial charge in [0.2, 0.25) is 0 Å². The van der Waals surface area contributed by atoms with Crippen molar-refractivity contribution >= 4 is 0 Å². The van der Waals surface area contributed by atoms with Crippen molar-refractivity contribution < 1.29 is 14.2 Å². The minimum absolute atomic E-state index is 0.0280. The van der Waals surface area contributed by atoms with E-state index < -0.39 is 0 Å². The summed E-state index contributed by atoms with van der Waals surface area (Å²) in [7, 11) is 5.36. The summed E-state index contributed by atoms with van der Waals surface area (Å²) in [4.78, 5) is 2.23. The fraction of sp³-hybridized carbons (Fsp3) is 0.571. The molecule has 0 amide bonds. The van der Waals surface area contributed by atoms with E-state index in [2.05, 4.69) is 17.4 Å². The molecule has 6 nitrogen and oxygen atoms in total. The van der Waals surface area contributed by atoms with Crippen LogP contribution in [0.4, 0.5) is 0 Å². The Hall–Kier alpha value is -1.34. The van der Waals surface area contributed by atoms with Crippen molar-refractivity contribution in [3.8, 4) is 11.5 Å². The number of ether oxygens (including phenoxy) is 3. The lowest BCUT2D eigenvalue weighted by atomic mass is 9.99. The first-order valence-electron chi connectivity index (χ1n) is 6.67. The lowest BCUT2D eigenvalue weighted by Crippen LogP contribution is -2.48. The highest BCUT2D eigenvalue weighted by Crippen LogP contribution is 2.32. The first kappa shape index (κ1) is 15.1. The molecule has 0 radical (unpaired) electrons. The molecule has 0 saturated carbocycles. The largest absolute Gasteiger partial charge is 0.497 e. The second kappa shape index (κ2) is 6.90. The van der Waals surface area contributed by atoms with E-state index in [0.29, 0.717) is 6.61 Å². The third kappa shape index (κ3) is 3.21. The monoisotopic (exact) mass is 281 g/mol. The fourth-order valence-corrected chi connectivity index (χ4v) is 2.49. The molecule has 1 fully saturated rings. The van der Waals surface area contributed by atoms with Gasteiger partial charge in [0, 0.05) is 18.7 Å². The number of rotatable bonds is 5. The van der Waals surface area contributed by atoms with Crippen LogP contribution in [0.25, 0.3) is 0 Å². The van der Waals surface area contributed by atoms with Gasteiger partial charge < -0.3 is 19.1 Å². The Kier molecular flexibility index (Phi) is 5.19. The Morgan fingerprint density at radius 1 is 1.40 bits per heavy atom. The van der Waals surface area contributed by atoms with Gasteiger partial charge in [-0.3, -0.25) is 11.3 Å². The zero-order chi connectivity index (χ0) is 14.5. The Morgan fingerprint density at radius 2 is 2.20 bits per heavy atom. The van der Waals surface area contributed by atoms with Gasteiger partial charge in [0.1, 0.15) is 11.5 Å². The molecular weight excluding hydrogens is 258 g/mol. The first-order valence-corrected chi connectivity index (χ1v) is 6.67. The highest BCUT2D eigenvalue weighted by molar-refractivity contribution is 5.42. The molecule has 112 valence electrons. The highest BCUT2D eigenvalue weighted by Gasteiger charge is 2.29. The standard InChI is InChI=1S/C14H23N3O3/c1-17-6-7-20-13(9-17)14(16-15)11-8-10(18-2)4-5-12(11)19-3/h4-5,8,13-14,16H,6-7,9,15H2,1-3H3. The van der Waals surface area contributed by atoms with Crippen molar-refractivity contribution in [1.82, 2.24) is 10.3 Å². The summed E-state index contributed by atoms with van der Waals surface area (Å²) >= 11 is 0. The second-order valence-corrected chi connectivity index (χ2v) is 4.92. The second-order valence-electron chi connectivity index (χ2n) is 4.92. The van der Waals surface area contributed by atoms with Gasteiger partial charge in [-0.2, -0.15) is 0 Å². The average molecular weight is 281 g/mol. The molecule has 3 N–H and O–H groups in total. The highest BCUT2D eigenvalue weighted by atomic mass is 16.5. The van der Waals surface area contributed by atoms with Crippen LogP contribution in [0, 0.1) is 0 Å². The lowest BCUT2D eigenvalue weighted by molar-refractivity contribution is -0.0396. The lowest BCUT2D eigenvalue weighted by Gasteiger charge is -2.35. The van der Waals surface area contributed by atoms with E-state index in [1.165, 1.54) is 0 Å². The van der Waals surface area contributed by atoms with Crippen molar-refractivity contribution in [1.29, 1.82) is 0 Å². The molecule has 1 heterocycles. The Labute approximate surface area is 119 Å². The van der Waals surface area contributed by atoms with E-state index >= 15 is 0 Å². The van der Waals surface area contributed by atoms with Gasteiger partial charge in [-0.25, -0.2) is 0 Å². The molecule has 0 bridgehead atoms. The summed E-state index contributed by atoms with van der Waals surface area (Å²) in [6, 6.07) is 5.53. The molecule has 1 aliphatic heterocycles. The van der Waals surface area contributed by atoms with E-state index in [1.54, 1.807) is 14.2 Å². The van der Waals surface area contributed by atoms with E-state index in [-0.39, 0.29) is 12.1 Å². The maximum absolute atomic E-state index is 5.85. The Morgan fingerprint density at radius 3 is 2.80 bits per heavy atom. The summed E-state index contributed by atoms with van der Waals surface area (Å²) in [6.07, 6.45) is -0.0280. The fourth-order valence-electron chi connectivity index (χ4n) is 2.49. The molecule has 1 aromatic carbocycles.